The molecule has 0 spiro atoms. The maximum atomic E-state index is 6.37. The fraction of sp³-hybridized carbons (Fsp3) is 0.643. The van der Waals surface area contributed by atoms with Crippen molar-refractivity contribution in [2.75, 3.05) is 0 Å². The molecule has 98 valence electrons. The van der Waals surface area contributed by atoms with E-state index in [-0.39, 0.29) is 6.04 Å². The van der Waals surface area contributed by atoms with Crippen molar-refractivity contribution < 1.29 is 0 Å². The van der Waals surface area contributed by atoms with Crippen molar-refractivity contribution >= 4 is 16.3 Å². The van der Waals surface area contributed by atoms with Crippen LogP contribution in [0.15, 0.2) is 17.8 Å². The summed E-state index contributed by atoms with van der Waals surface area (Å²) in [4.78, 5) is 5.70. The van der Waals surface area contributed by atoms with E-state index in [9.17, 15) is 0 Å². The molecule has 1 unspecified atom stereocenters. The summed E-state index contributed by atoms with van der Waals surface area (Å²) in [7, 11) is 0. The molecule has 2 aromatic rings. The van der Waals surface area contributed by atoms with Gasteiger partial charge in [-0.3, -0.25) is 4.40 Å². The van der Waals surface area contributed by atoms with E-state index >= 15 is 0 Å². The van der Waals surface area contributed by atoms with Crippen LogP contribution in [0.3, 0.4) is 0 Å². The normalized spacial score (nSPS) is 26.6. The van der Waals surface area contributed by atoms with E-state index < -0.39 is 0 Å². The zero-order valence-corrected chi connectivity index (χ0v) is 11.7. The molecule has 1 fully saturated rings. The zero-order valence-electron chi connectivity index (χ0n) is 10.9. The molecule has 2 N–H and O–H groups in total. The number of hydrogen-bond donors (Lipinski definition) is 1. The maximum Gasteiger partial charge on any atom is 0.193 e. The molecule has 0 aromatic carbocycles. The average molecular weight is 263 g/mol. The first kappa shape index (κ1) is 12.2. The predicted molar refractivity (Wildman–Crippen MR) is 75.9 cm³/mol. The van der Waals surface area contributed by atoms with Gasteiger partial charge in [0.1, 0.15) is 0 Å². The van der Waals surface area contributed by atoms with Gasteiger partial charge in [0, 0.05) is 30.2 Å². The van der Waals surface area contributed by atoms with E-state index in [0.717, 1.165) is 23.0 Å². The van der Waals surface area contributed by atoms with E-state index in [1.807, 2.05) is 0 Å². The van der Waals surface area contributed by atoms with Crippen molar-refractivity contribution in [1.82, 2.24) is 9.38 Å². The van der Waals surface area contributed by atoms with Gasteiger partial charge in [-0.05, 0) is 24.7 Å². The van der Waals surface area contributed by atoms with Gasteiger partial charge in [0.15, 0.2) is 4.96 Å². The van der Waals surface area contributed by atoms with Gasteiger partial charge in [-0.25, -0.2) is 4.98 Å². The second-order valence-electron chi connectivity index (χ2n) is 5.71. The van der Waals surface area contributed by atoms with E-state index in [0.29, 0.717) is 5.92 Å². The van der Waals surface area contributed by atoms with Crippen molar-refractivity contribution in [1.29, 1.82) is 0 Å². The fourth-order valence-electron chi connectivity index (χ4n) is 3.00. The summed E-state index contributed by atoms with van der Waals surface area (Å²) >= 11 is 1.68. The van der Waals surface area contributed by atoms with Crippen LogP contribution in [0, 0.1) is 11.8 Å². The van der Waals surface area contributed by atoms with Crippen LogP contribution < -0.4 is 5.73 Å². The first-order valence-electron chi connectivity index (χ1n) is 6.89. The Labute approximate surface area is 112 Å². The first-order chi connectivity index (χ1) is 8.72. The lowest BCUT2D eigenvalue weighted by Crippen LogP contribution is -2.34. The highest BCUT2D eigenvalue weighted by Gasteiger charge is 2.24. The molecule has 1 saturated carbocycles. The van der Waals surface area contributed by atoms with Crippen molar-refractivity contribution in [3.63, 3.8) is 0 Å². The van der Waals surface area contributed by atoms with Crippen molar-refractivity contribution in [3.05, 3.63) is 23.5 Å². The van der Waals surface area contributed by atoms with Crippen LogP contribution in [-0.2, 0) is 6.42 Å². The molecule has 3 nitrogen and oxygen atoms in total. The standard InChI is InChI=1S/C14H21N3S/c1-10-2-4-11(5-3-10)13(15)8-12-9-17-6-7-18-14(17)16-12/h6-7,9-11,13H,2-5,8,15H2,1H3. The quantitative estimate of drug-likeness (QED) is 0.924. The highest BCUT2D eigenvalue weighted by Crippen LogP contribution is 2.30. The molecule has 3 rings (SSSR count). The number of thiazole rings is 1. The molecular formula is C14H21N3S. The topological polar surface area (TPSA) is 43.3 Å². The summed E-state index contributed by atoms with van der Waals surface area (Å²) in [6.07, 6.45) is 10.4. The van der Waals surface area contributed by atoms with Gasteiger partial charge in [0.2, 0.25) is 0 Å². The molecular weight excluding hydrogens is 242 g/mol. The highest BCUT2D eigenvalue weighted by molar-refractivity contribution is 7.15. The Morgan fingerprint density at radius 3 is 2.94 bits per heavy atom. The maximum absolute atomic E-state index is 6.37. The Kier molecular flexibility index (Phi) is 3.39. The lowest BCUT2D eigenvalue weighted by atomic mass is 9.78. The van der Waals surface area contributed by atoms with Gasteiger partial charge in [0.05, 0.1) is 5.69 Å². The van der Waals surface area contributed by atoms with Gasteiger partial charge >= 0.3 is 0 Å². The fourth-order valence-corrected chi connectivity index (χ4v) is 3.72. The number of nitrogens with two attached hydrogens (primary N) is 1. The second kappa shape index (κ2) is 5.02. The van der Waals surface area contributed by atoms with E-state index in [4.69, 9.17) is 5.73 Å². The number of rotatable bonds is 3. The third kappa shape index (κ3) is 2.45. The number of imidazole rings is 1. The Bertz CT molecular complexity index is 479. The molecule has 18 heavy (non-hydrogen) atoms. The monoisotopic (exact) mass is 263 g/mol. The zero-order chi connectivity index (χ0) is 12.5. The van der Waals surface area contributed by atoms with Crippen molar-refractivity contribution in [3.8, 4) is 0 Å². The molecule has 2 aromatic heterocycles. The molecule has 2 heterocycles. The van der Waals surface area contributed by atoms with Crippen LogP contribution in [0.2, 0.25) is 0 Å². The van der Waals surface area contributed by atoms with Crippen LogP contribution in [0.4, 0.5) is 0 Å². The summed E-state index contributed by atoms with van der Waals surface area (Å²) in [6, 6.07) is 0.280. The SMILES string of the molecule is CC1CCC(C(N)Cc2cn3ccsc3n2)CC1. The molecule has 0 bridgehead atoms. The van der Waals surface area contributed by atoms with Gasteiger partial charge in [-0.15, -0.1) is 11.3 Å². The van der Waals surface area contributed by atoms with Crippen LogP contribution in [0.5, 0.6) is 0 Å². The minimum absolute atomic E-state index is 0.280. The Hall–Kier alpha value is -0.870. The molecule has 1 atom stereocenters. The number of nitrogens with zero attached hydrogens (tertiary/aromatic N) is 2. The Morgan fingerprint density at radius 1 is 1.44 bits per heavy atom. The molecule has 1 aliphatic rings. The number of fused-ring (bicyclic) bond motifs is 1. The van der Waals surface area contributed by atoms with Gasteiger partial charge in [-0.2, -0.15) is 0 Å². The molecule has 0 radical (unpaired) electrons. The smallest absolute Gasteiger partial charge is 0.193 e. The third-order valence-corrected chi connectivity index (χ3v) is 5.02. The van der Waals surface area contributed by atoms with Gasteiger partial charge in [-0.1, -0.05) is 19.8 Å². The largest absolute Gasteiger partial charge is 0.327 e. The molecule has 0 amide bonds. The second-order valence-corrected chi connectivity index (χ2v) is 6.59. The lowest BCUT2D eigenvalue weighted by molar-refractivity contribution is 0.253. The van der Waals surface area contributed by atoms with Gasteiger partial charge in [0.25, 0.3) is 0 Å². The van der Waals surface area contributed by atoms with Gasteiger partial charge < -0.3 is 5.73 Å². The molecule has 0 saturated heterocycles. The number of aromatic nitrogens is 2. The first-order valence-corrected chi connectivity index (χ1v) is 7.77. The highest BCUT2D eigenvalue weighted by atomic mass is 32.1. The van der Waals surface area contributed by atoms with Crippen LogP contribution in [0.25, 0.3) is 4.96 Å². The number of hydrogen-bond acceptors (Lipinski definition) is 3. The summed E-state index contributed by atoms with van der Waals surface area (Å²) < 4.78 is 2.09. The van der Waals surface area contributed by atoms with Crippen LogP contribution >= 0.6 is 11.3 Å². The Morgan fingerprint density at radius 2 is 2.22 bits per heavy atom. The molecule has 0 aliphatic heterocycles. The predicted octanol–water partition coefficient (Wildman–Crippen LogP) is 3.09. The molecule has 4 heteroatoms. The van der Waals surface area contributed by atoms with Crippen molar-refractivity contribution in [2.45, 2.75) is 45.1 Å². The Balaban J connectivity index is 1.63. The minimum atomic E-state index is 0.280. The third-order valence-electron chi connectivity index (χ3n) is 4.25. The van der Waals surface area contributed by atoms with Crippen LogP contribution in [-0.4, -0.2) is 15.4 Å². The van der Waals surface area contributed by atoms with E-state index in [2.05, 4.69) is 34.1 Å². The summed E-state index contributed by atoms with van der Waals surface area (Å²) in [5.74, 6) is 1.59. The van der Waals surface area contributed by atoms with E-state index in [1.165, 1.54) is 25.7 Å². The molecule has 1 aliphatic carbocycles. The lowest BCUT2D eigenvalue weighted by Gasteiger charge is -2.30. The van der Waals surface area contributed by atoms with E-state index in [1.54, 1.807) is 11.3 Å². The summed E-state index contributed by atoms with van der Waals surface area (Å²) in [5, 5.41) is 2.06. The summed E-state index contributed by atoms with van der Waals surface area (Å²) in [6.45, 7) is 2.35. The summed E-state index contributed by atoms with van der Waals surface area (Å²) in [5.41, 5.74) is 7.52. The average Bonchev–Trinajstić information content (AvgIpc) is 2.90. The minimum Gasteiger partial charge on any atom is -0.327 e. The van der Waals surface area contributed by atoms with Crippen molar-refractivity contribution in [2.24, 2.45) is 17.6 Å². The van der Waals surface area contributed by atoms with Crippen LogP contribution in [0.1, 0.15) is 38.3 Å².